The minimum Gasteiger partial charge on any atom is -0.484 e. The number of halogens is 3. The van der Waals surface area contributed by atoms with Crippen LogP contribution in [0.1, 0.15) is 18.1 Å². The van der Waals surface area contributed by atoms with Crippen LogP contribution in [-0.2, 0) is 11.2 Å². The Hall–Kier alpha value is -3.22. The van der Waals surface area contributed by atoms with Crippen molar-refractivity contribution in [3.05, 3.63) is 65.7 Å². The highest BCUT2D eigenvalue weighted by molar-refractivity contribution is 5.84. The molecule has 3 rings (SSSR count). The minimum atomic E-state index is -4.38. The first-order valence-corrected chi connectivity index (χ1v) is 9.45. The van der Waals surface area contributed by atoms with Crippen molar-refractivity contribution in [1.29, 1.82) is 0 Å². The molecule has 0 aliphatic heterocycles. The minimum absolute atomic E-state index is 0.0483. The van der Waals surface area contributed by atoms with Gasteiger partial charge in [0.05, 0.1) is 0 Å². The van der Waals surface area contributed by atoms with Gasteiger partial charge in [0, 0.05) is 13.5 Å². The summed E-state index contributed by atoms with van der Waals surface area (Å²) in [5, 5.41) is 4.83. The first-order chi connectivity index (χ1) is 14.2. The van der Waals surface area contributed by atoms with Crippen LogP contribution in [0.2, 0.25) is 0 Å². The van der Waals surface area contributed by atoms with Crippen LogP contribution in [0.25, 0.3) is 10.8 Å². The van der Waals surface area contributed by atoms with Crippen LogP contribution in [-0.4, -0.2) is 25.2 Å². The molecule has 30 heavy (non-hydrogen) atoms. The van der Waals surface area contributed by atoms with Gasteiger partial charge >= 0.3 is 6.18 Å². The molecule has 7 heteroatoms. The van der Waals surface area contributed by atoms with Gasteiger partial charge in [0.25, 0.3) is 0 Å². The monoisotopic (exact) mass is 417 g/mol. The van der Waals surface area contributed by atoms with Gasteiger partial charge in [-0.25, -0.2) is 0 Å². The Balaban J connectivity index is 1.69. The second-order valence-electron chi connectivity index (χ2n) is 7.01. The summed E-state index contributed by atoms with van der Waals surface area (Å²) < 4.78 is 47.5. The predicted molar refractivity (Wildman–Crippen MR) is 109 cm³/mol. The predicted octanol–water partition coefficient (Wildman–Crippen LogP) is 5.56. The van der Waals surface area contributed by atoms with Gasteiger partial charge in [0.2, 0.25) is 5.91 Å². The third-order valence-electron chi connectivity index (χ3n) is 4.44. The number of carbonyl (C=O) groups excluding carboxylic acids is 1. The fraction of sp³-hybridized carbons (Fsp3) is 0.261. The van der Waals surface area contributed by atoms with Crippen LogP contribution >= 0.6 is 0 Å². The zero-order valence-electron chi connectivity index (χ0n) is 16.7. The number of amides is 1. The number of ether oxygens (including phenoxy) is 2. The number of hydrogen-bond donors (Lipinski definition) is 1. The van der Waals surface area contributed by atoms with E-state index in [-0.39, 0.29) is 11.7 Å². The lowest BCUT2D eigenvalue weighted by atomic mass is 10.0. The number of benzene rings is 3. The Morgan fingerprint density at radius 1 is 0.967 bits per heavy atom. The Morgan fingerprint density at radius 3 is 2.37 bits per heavy atom. The van der Waals surface area contributed by atoms with E-state index in [1.807, 2.05) is 30.3 Å². The zero-order chi connectivity index (χ0) is 21.7. The fourth-order valence-electron chi connectivity index (χ4n) is 2.99. The number of hydrogen-bond acceptors (Lipinski definition) is 3. The van der Waals surface area contributed by atoms with Gasteiger partial charge in [-0.3, -0.25) is 4.79 Å². The molecule has 0 aromatic heterocycles. The SMILES string of the molecule is CC(=O)NCCc1ccc2cc(Oc3ccc(OCC(F)(F)F)cc3C)ccc2c1. The van der Waals surface area contributed by atoms with E-state index in [0.29, 0.717) is 23.6 Å². The van der Waals surface area contributed by atoms with E-state index in [1.54, 1.807) is 13.0 Å². The van der Waals surface area contributed by atoms with Crippen molar-refractivity contribution in [3.63, 3.8) is 0 Å². The summed E-state index contributed by atoms with van der Waals surface area (Å²) in [5.41, 5.74) is 1.79. The molecule has 0 unspecified atom stereocenters. The second kappa shape index (κ2) is 9.07. The van der Waals surface area contributed by atoms with Crippen LogP contribution in [0.15, 0.2) is 54.6 Å². The van der Waals surface area contributed by atoms with Crippen LogP contribution < -0.4 is 14.8 Å². The number of nitrogens with one attached hydrogen (secondary N) is 1. The molecule has 158 valence electrons. The average Bonchev–Trinajstić information content (AvgIpc) is 2.67. The largest absolute Gasteiger partial charge is 0.484 e. The van der Waals surface area contributed by atoms with E-state index in [4.69, 9.17) is 9.47 Å². The van der Waals surface area contributed by atoms with Crippen LogP contribution in [0.3, 0.4) is 0 Å². The summed E-state index contributed by atoms with van der Waals surface area (Å²) in [6.07, 6.45) is -3.63. The third kappa shape index (κ3) is 6.14. The van der Waals surface area contributed by atoms with E-state index in [0.717, 1.165) is 22.8 Å². The maximum absolute atomic E-state index is 12.3. The first-order valence-electron chi connectivity index (χ1n) is 9.45. The average molecular weight is 417 g/mol. The Labute approximate surface area is 172 Å². The lowest BCUT2D eigenvalue weighted by molar-refractivity contribution is -0.153. The van der Waals surface area contributed by atoms with Crippen LogP contribution in [0.4, 0.5) is 13.2 Å². The van der Waals surface area contributed by atoms with Gasteiger partial charge in [-0.05, 0) is 65.6 Å². The molecule has 0 heterocycles. The summed E-state index contributed by atoms with van der Waals surface area (Å²) in [6.45, 7) is 2.50. The van der Waals surface area contributed by atoms with Crippen molar-refractivity contribution in [2.45, 2.75) is 26.4 Å². The summed E-state index contributed by atoms with van der Waals surface area (Å²) in [6, 6.07) is 16.3. The van der Waals surface area contributed by atoms with E-state index in [9.17, 15) is 18.0 Å². The summed E-state index contributed by atoms with van der Waals surface area (Å²) in [4.78, 5) is 11.0. The number of carbonyl (C=O) groups is 1. The molecule has 4 nitrogen and oxygen atoms in total. The summed E-state index contributed by atoms with van der Waals surface area (Å²) >= 11 is 0. The molecule has 0 atom stereocenters. The van der Waals surface area contributed by atoms with Gasteiger partial charge < -0.3 is 14.8 Å². The number of aryl methyl sites for hydroxylation is 1. The lowest BCUT2D eigenvalue weighted by Crippen LogP contribution is -2.22. The topological polar surface area (TPSA) is 47.6 Å². The first kappa shape index (κ1) is 21.5. The smallest absolute Gasteiger partial charge is 0.422 e. The van der Waals surface area contributed by atoms with Gasteiger partial charge in [-0.2, -0.15) is 13.2 Å². The summed E-state index contributed by atoms with van der Waals surface area (Å²) in [5.74, 6) is 1.26. The molecule has 0 bridgehead atoms. The summed E-state index contributed by atoms with van der Waals surface area (Å²) in [7, 11) is 0. The molecule has 0 aliphatic rings. The molecule has 3 aromatic carbocycles. The number of fused-ring (bicyclic) bond motifs is 1. The highest BCUT2D eigenvalue weighted by atomic mass is 19.4. The molecule has 3 aromatic rings. The lowest BCUT2D eigenvalue weighted by Gasteiger charge is -2.13. The highest BCUT2D eigenvalue weighted by Gasteiger charge is 2.28. The number of alkyl halides is 3. The van der Waals surface area contributed by atoms with Crippen LogP contribution in [0, 0.1) is 6.92 Å². The van der Waals surface area contributed by atoms with E-state index in [2.05, 4.69) is 11.4 Å². The van der Waals surface area contributed by atoms with Crippen molar-refractivity contribution in [2.24, 2.45) is 0 Å². The standard InChI is InChI=1S/C23H22F3NO3/c1-15-11-20(29-14-23(24,25)26)7-8-22(15)30-21-6-5-18-12-17(3-4-19(18)13-21)9-10-27-16(2)28/h3-8,11-13H,9-10,14H2,1-2H3,(H,27,28). The molecule has 0 saturated carbocycles. The number of rotatable bonds is 7. The zero-order valence-corrected chi connectivity index (χ0v) is 16.7. The maximum Gasteiger partial charge on any atom is 0.422 e. The van der Waals surface area contributed by atoms with Crippen molar-refractivity contribution < 1.29 is 27.4 Å². The third-order valence-corrected chi connectivity index (χ3v) is 4.44. The Kier molecular flexibility index (Phi) is 6.50. The second-order valence-corrected chi connectivity index (χ2v) is 7.01. The molecule has 1 amide bonds. The van der Waals surface area contributed by atoms with Crippen molar-refractivity contribution in [2.75, 3.05) is 13.2 Å². The van der Waals surface area contributed by atoms with Gasteiger partial charge in [0.1, 0.15) is 17.2 Å². The molecular weight excluding hydrogens is 395 g/mol. The maximum atomic E-state index is 12.3. The Morgan fingerprint density at radius 2 is 1.67 bits per heavy atom. The Bertz CT molecular complexity index is 1050. The molecule has 1 N–H and O–H groups in total. The quantitative estimate of drug-likeness (QED) is 0.548. The molecule has 0 spiro atoms. The molecule has 0 saturated heterocycles. The van der Waals surface area contributed by atoms with E-state index < -0.39 is 12.8 Å². The van der Waals surface area contributed by atoms with Crippen molar-refractivity contribution in [1.82, 2.24) is 5.32 Å². The molecule has 0 aliphatic carbocycles. The molecular formula is C23H22F3NO3. The van der Waals surface area contributed by atoms with Crippen molar-refractivity contribution >= 4 is 16.7 Å². The van der Waals surface area contributed by atoms with Crippen LogP contribution in [0.5, 0.6) is 17.2 Å². The van der Waals surface area contributed by atoms with Gasteiger partial charge in [-0.1, -0.05) is 24.3 Å². The normalized spacial score (nSPS) is 11.4. The highest BCUT2D eigenvalue weighted by Crippen LogP contribution is 2.31. The van der Waals surface area contributed by atoms with Gasteiger partial charge in [-0.15, -0.1) is 0 Å². The molecule has 0 radical (unpaired) electrons. The van der Waals surface area contributed by atoms with Crippen molar-refractivity contribution in [3.8, 4) is 17.2 Å². The van der Waals surface area contributed by atoms with E-state index in [1.165, 1.54) is 19.1 Å². The van der Waals surface area contributed by atoms with E-state index >= 15 is 0 Å². The molecule has 0 fully saturated rings. The van der Waals surface area contributed by atoms with Gasteiger partial charge in [0.15, 0.2) is 6.61 Å². The fourth-order valence-corrected chi connectivity index (χ4v) is 2.99.